The molecule has 2 rings (SSSR count). The summed E-state index contributed by atoms with van der Waals surface area (Å²) in [6, 6.07) is 4.37. The lowest BCUT2D eigenvalue weighted by Crippen LogP contribution is -2.06. The van der Waals surface area contributed by atoms with E-state index in [9.17, 15) is 18.0 Å². The van der Waals surface area contributed by atoms with Crippen molar-refractivity contribution in [1.29, 1.82) is 0 Å². The van der Waals surface area contributed by atoms with Gasteiger partial charge in [-0.1, -0.05) is 0 Å². The number of hydrogen-bond acceptors (Lipinski definition) is 3. The lowest BCUT2D eigenvalue weighted by Gasteiger charge is -2.10. The number of carboxylic acids is 1. The van der Waals surface area contributed by atoms with E-state index in [1.807, 2.05) is 0 Å². The van der Waals surface area contributed by atoms with Crippen LogP contribution < -0.4 is 4.74 Å². The van der Waals surface area contributed by atoms with Crippen molar-refractivity contribution in [3.05, 3.63) is 41.1 Å². The molecule has 0 bridgehead atoms. The zero-order chi connectivity index (χ0) is 16.5. The van der Waals surface area contributed by atoms with E-state index >= 15 is 0 Å². The van der Waals surface area contributed by atoms with E-state index in [2.05, 4.69) is 5.10 Å². The predicted molar refractivity (Wildman–Crippen MR) is 71.2 cm³/mol. The molecule has 0 radical (unpaired) electrons. The van der Waals surface area contributed by atoms with Gasteiger partial charge in [-0.25, -0.2) is 4.68 Å². The molecule has 2 aromatic rings. The first kappa shape index (κ1) is 15.9. The van der Waals surface area contributed by atoms with Gasteiger partial charge in [0, 0.05) is 5.56 Å². The predicted octanol–water partition coefficient (Wildman–Crippen LogP) is 2.84. The van der Waals surface area contributed by atoms with Gasteiger partial charge in [0.25, 0.3) is 0 Å². The molecule has 5 nitrogen and oxygen atoms in total. The van der Waals surface area contributed by atoms with Crippen LogP contribution in [0.1, 0.15) is 16.8 Å². The van der Waals surface area contributed by atoms with E-state index < -0.39 is 17.7 Å². The summed E-state index contributed by atoms with van der Waals surface area (Å²) in [5.74, 6) is -0.854. The third-order valence-electron chi connectivity index (χ3n) is 3.10. The second-order valence-electron chi connectivity index (χ2n) is 4.60. The minimum absolute atomic E-state index is 0.194. The van der Waals surface area contributed by atoms with E-state index in [-0.39, 0.29) is 12.3 Å². The van der Waals surface area contributed by atoms with Crippen LogP contribution in [-0.2, 0) is 17.4 Å². The van der Waals surface area contributed by atoms with Crippen molar-refractivity contribution in [3.63, 3.8) is 0 Å². The second-order valence-corrected chi connectivity index (χ2v) is 4.60. The SMILES string of the molecule is COc1c(CC(=O)O)c(C)nn1-c1ccc(C(F)(F)F)cc1. The number of rotatable bonds is 4. The molecule has 1 N–H and O–H groups in total. The quantitative estimate of drug-likeness (QED) is 0.942. The van der Waals surface area contributed by atoms with Gasteiger partial charge in [0.15, 0.2) is 0 Å². The van der Waals surface area contributed by atoms with Gasteiger partial charge < -0.3 is 9.84 Å². The van der Waals surface area contributed by atoms with Gasteiger partial charge in [-0.2, -0.15) is 18.3 Å². The Kier molecular flexibility index (Phi) is 4.11. The van der Waals surface area contributed by atoms with Crippen molar-refractivity contribution in [1.82, 2.24) is 9.78 Å². The Labute approximate surface area is 123 Å². The number of benzene rings is 1. The van der Waals surface area contributed by atoms with Crippen LogP contribution in [0.25, 0.3) is 5.69 Å². The first-order valence-electron chi connectivity index (χ1n) is 6.26. The van der Waals surface area contributed by atoms with Crippen LogP contribution in [0.4, 0.5) is 13.2 Å². The fraction of sp³-hybridized carbons (Fsp3) is 0.286. The number of ether oxygens (including phenoxy) is 1. The number of nitrogens with zero attached hydrogens (tertiary/aromatic N) is 2. The van der Waals surface area contributed by atoms with Crippen LogP contribution in [0.2, 0.25) is 0 Å². The molecule has 0 atom stereocenters. The number of aryl methyl sites for hydroxylation is 1. The molecule has 0 aliphatic carbocycles. The summed E-state index contributed by atoms with van der Waals surface area (Å²) in [5, 5.41) is 13.0. The number of aliphatic carboxylic acids is 1. The largest absolute Gasteiger partial charge is 0.481 e. The van der Waals surface area contributed by atoms with Crippen LogP contribution in [0.15, 0.2) is 24.3 Å². The number of carboxylic acid groups (broad SMARTS) is 1. The van der Waals surface area contributed by atoms with Crippen molar-refractivity contribution < 1.29 is 27.8 Å². The van der Waals surface area contributed by atoms with E-state index in [1.54, 1.807) is 6.92 Å². The highest BCUT2D eigenvalue weighted by atomic mass is 19.4. The lowest BCUT2D eigenvalue weighted by molar-refractivity contribution is -0.138. The molecule has 118 valence electrons. The van der Waals surface area contributed by atoms with Crippen molar-refractivity contribution in [2.75, 3.05) is 7.11 Å². The Morgan fingerprint density at radius 3 is 2.36 bits per heavy atom. The maximum Gasteiger partial charge on any atom is 0.416 e. The van der Waals surface area contributed by atoms with Crippen molar-refractivity contribution in [3.8, 4) is 11.6 Å². The Hall–Kier alpha value is -2.51. The fourth-order valence-electron chi connectivity index (χ4n) is 2.07. The highest BCUT2D eigenvalue weighted by Crippen LogP contribution is 2.31. The molecular weight excluding hydrogens is 301 g/mol. The average Bonchev–Trinajstić information content (AvgIpc) is 2.74. The summed E-state index contributed by atoms with van der Waals surface area (Å²) in [7, 11) is 1.35. The Morgan fingerprint density at radius 1 is 1.32 bits per heavy atom. The molecular formula is C14H13F3N2O3. The van der Waals surface area contributed by atoms with Gasteiger partial charge in [-0.05, 0) is 31.2 Å². The van der Waals surface area contributed by atoms with Gasteiger partial charge in [-0.3, -0.25) is 4.79 Å². The topological polar surface area (TPSA) is 64.3 Å². The summed E-state index contributed by atoms with van der Waals surface area (Å²) in [4.78, 5) is 10.9. The molecule has 0 unspecified atom stereocenters. The summed E-state index contributed by atoms with van der Waals surface area (Å²) in [6.45, 7) is 1.61. The minimum atomic E-state index is -4.42. The number of aromatic nitrogens is 2. The van der Waals surface area contributed by atoms with E-state index in [4.69, 9.17) is 9.84 Å². The third kappa shape index (κ3) is 3.05. The molecule has 8 heteroatoms. The molecule has 0 saturated carbocycles. The smallest absolute Gasteiger partial charge is 0.416 e. The second kappa shape index (κ2) is 5.70. The lowest BCUT2D eigenvalue weighted by atomic mass is 10.2. The van der Waals surface area contributed by atoms with Crippen LogP contribution in [-0.4, -0.2) is 28.0 Å². The zero-order valence-electron chi connectivity index (χ0n) is 11.8. The van der Waals surface area contributed by atoms with Crippen molar-refractivity contribution in [2.24, 2.45) is 0 Å². The fourth-order valence-corrected chi connectivity index (χ4v) is 2.07. The maximum absolute atomic E-state index is 12.6. The van der Waals surface area contributed by atoms with Crippen molar-refractivity contribution in [2.45, 2.75) is 19.5 Å². The molecule has 0 fully saturated rings. The van der Waals surface area contributed by atoms with Crippen LogP contribution >= 0.6 is 0 Å². The number of halogens is 3. The number of carbonyl (C=O) groups is 1. The van der Waals surface area contributed by atoms with Crippen LogP contribution in [0, 0.1) is 6.92 Å². The molecule has 22 heavy (non-hydrogen) atoms. The zero-order valence-corrected chi connectivity index (χ0v) is 11.8. The van der Waals surface area contributed by atoms with Gasteiger partial charge >= 0.3 is 12.1 Å². The summed E-state index contributed by atoms with van der Waals surface area (Å²) in [5.41, 5.74) is 0.406. The highest BCUT2D eigenvalue weighted by molar-refractivity contribution is 5.71. The summed E-state index contributed by atoms with van der Waals surface area (Å²) in [6.07, 6.45) is -4.70. The standard InChI is InChI=1S/C14H13F3N2O3/c1-8-11(7-12(20)21)13(22-2)19(18-8)10-5-3-9(4-6-10)14(15,16)17/h3-6H,7H2,1-2H3,(H,20,21). The Morgan fingerprint density at radius 2 is 1.91 bits per heavy atom. The highest BCUT2D eigenvalue weighted by Gasteiger charge is 2.30. The first-order valence-corrected chi connectivity index (χ1v) is 6.26. The molecule has 0 spiro atoms. The molecule has 1 aromatic carbocycles. The van der Waals surface area contributed by atoms with E-state index in [0.29, 0.717) is 16.9 Å². The average molecular weight is 314 g/mol. The van der Waals surface area contributed by atoms with E-state index in [0.717, 1.165) is 12.1 Å². The van der Waals surface area contributed by atoms with Gasteiger partial charge in [-0.15, -0.1) is 0 Å². The number of methoxy groups -OCH3 is 1. The third-order valence-corrected chi connectivity index (χ3v) is 3.10. The molecule has 0 aliphatic rings. The summed E-state index contributed by atoms with van der Waals surface area (Å²) >= 11 is 0. The summed E-state index contributed by atoms with van der Waals surface area (Å²) < 4.78 is 44.2. The molecule has 0 amide bonds. The molecule has 1 aromatic heterocycles. The molecule has 1 heterocycles. The number of hydrogen-bond donors (Lipinski definition) is 1. The minimum Gasteiger partial charge on any atom is -0.481 e. The molecule has 0 aliphatic heterocycles. The molecule has 0 saturated heterocycles. The van der Waals surface area contributed by atoms with Gasteiger partial charge in [0.2, 0.25) is 5.88 Å². The van der Waals surface area contributed by atoms with Crippen LogP contribution in [0.3, 0.4) is 0 Å². The van der Waals surface area contributed by atoms with Gasteiger partial charge in [0.05, 0.1) is 30.5 Å². The number of alkyl halides is 3. The Bertz CT molecular complexity index is 691. The van der Waals surface area contributed by atoms with Gasteiger partial charge in [0.1, 0.15) is 0 Å². The van der Waals surface area contributed by atoms with E-state index in [1.165, 1.54) is 23.9 Å². The van der Waals surface area contributed by atoms with Crippen molar-refractivity contribution >= 4 is 5.97 Å². The monoisotopic (exact) mass is 314 g/mol. The van der Waals surface area contributed by atoms with Crippen LogP contribution in [0.5, 0.6) is 5.88 Å². The first-order chi connectivity index (χ1) is 10.2. The Balaban J connectivity index is 2.46. The maximum atomic E-state index is 12.6. The normalized spacial score (nSPS) is 11.5.